The third-order valence-corrected chi connectivity index (χ3v) is 6.49. The number of carbonyl (C=O) groups is 2. The fourth-order valence-corrected chi connectivity index (χ4v) is 5.46. The molecule has 1 N–H and O–H groups in total. The van der Waals surface area contributed by atoms with Crippen LogP contribution in [0.1, 0.15) is 27.4 Å². The Hall–Kier alpha value is -2.37. The van der Waals surface area contributed by atoms with Gasteiger partial charge in [-0.3, -0.25) is 14.6 Å². The molecule has 0 radical (unpaired) electrons. The van der Waals surface area contributed by atoms with Crippen LogP contribution in [-0.2, 0) is 10.4 Å². The van der Waals surface area contributed by atoms with Crippen LogP contribution in [0, 0.1) is 17.8 Å². The Morgan fingerprint density at radius 1 is 1.15 bits per heavy atom. The number of pyridine rings is 1. The molecule has 2 heterocycles. The van der Waals surface area contributed by atoms with E-state index in [1.807, 2.05) is 31.3 Å². The molecule has 2 aliphatic carbocycles. The minimum Gasteiger partial charge on any atom is -0.384 e. The van der Waals surface area contributed by atoms with Gasteiger partial charge in [0, 0.05) is 42.9 Å². The number of fused-ring (bicyclic) bond motifs is 6. The summed E-state index contributed by atoms with van der Waals surface area (Å²) in [7, 11) is 1.97. The van der Waals surface area contributed by atoms with Crippen molar-refractivity contribution in [2.75, 3.05) is 20.1 Å². The number of aromatic nitrogens is 1. The molecule has 1 saturated carbocycles. The minimum atomic E-state index is -1.45. The van der Waals surface area contributed by atoms with Gasteiger partial charge in [-0.05, 0) is 24.2 Å². The molecule has 1 saturated heterocycles. The summed E-state index contributed by atoms with van der Waals surface area (Å²) in [6, 6.07) is 11.0. The number of piperidine rings is 1. The Labute approximate surface area is 151 Å². The SMILES string of the molecule is CN1C[C@@H]2C(=O)[C@H](C1)[C@]1(O)c3ccccc3C(=O)[C@@H]1[C@H]2c1cccnc1. The van der Waals surface area contributed by atoms with Crippen LogP contribution in [0.25, 0.3) is 0 Å². The van der Waals surface area contributed by atoms with Gasteiger partial charge in [0.2, 0.25) is 0 Å². The molecule has 26 heavy (non-hydrogen) atoms. The highest BCUT2D eigenvalue weighted by Crippen LogP contribution is 2.59. The van der Waals surface area contributed by atoms with E-state index >= 15 is 0 Å². The lowest BCUT2D eigenvalue weighted by atomic mass is 9.55. The summed E-state index contributed by atoms with van der Waals surface area (Å²) >= 11 is 0. The number of nitrogens with zero attached hydrogens (tertiary/aromatic N) is 2. The molecule has 1 aromatic heterocycles. The lowest BCUT2D eigenvalue weighted by Gasteiger charge is -2.53. The highest BCUT2D eigenvalue weighted by Gasteiger charge is 2.67. The van der Waals surface area contributed by atoms with Crippen molar-refractivity contribution < 1.29 is 14.7 Å². The Morgan fingerprint density at radius 3 is 2.73 bits per heavy atom. The molecular formula is C21H20N2O3. The second-order valence-electron chi connectivity index (χ2n) is 7.81. The number of Topliss-reactive ketones (excluding diaryl/α,β-unsaturated/α-hetero) is 2. The molecule has 132 valence electrons. The number of benzene rings is 1. The Kier molecular flexibility index (Phi) is 3.24. The number of carbonyl (C=O) groups excluding carboxylic acids is 2. The zero-order chi connectivity index (χ0) is 18.1. The van der Waals surface area contributed by atoms with Crippen molar-refractivity contribution in [2.24, 2.45) is 17.8 Å². The van der Waals surface area contributed by atoms with Crippen molar-refractivity contribution in [2.45, 2.75) is 11.5 Å². The van der Waals surface area contributed by atoms with Crippen LogP contribution in [0.2, 0.25) is 0 Å². The standard InChI is InChI=1S/C21H20N2O3/c1-23-10-14-17(12-5-4-8-22-9-12)18-20(25)13-6-2-3-7-15(13)21(18,26)16(11-23)19(14)24/h2-9,14,16-18,26H,10-11H2,1H3/t14-,16-,17-,18-,21+/m0/s1. The summed E-state index contributed by atoms with van der Waals surface area (Å²) in [5.41, 5.74) is 0.563. The number of rotatable bonds is 1. The van der Waals surface area contributed by atoms with Gasteiger partial charge >= 0.3 is 0 Å². The number of aliphatic hydroxyl groups is 1. The van der Waals surface area contributed by atoms with E-state index in [4.69, 9.17) is 0 Å². The van der Waals surface area contributed by atoms with Gasteiger partial charge in [0.05, 0.1) is 11.8 Å². The first-order chi connectivity index (χ1) is 12.5. The molecular weight excluding hydrogens is 328 g/mol. The monoisotopic (exact) mass is 348 g/mol. The van der Waals surface area contributed by atoms with Crippen molar-refractivity contribution >= 4 is 11.6 Å². The maximum Gasteiger partial charge on any atom is 0.170 e. The first-order valence-corrected chi connectivity index (χ1v) is 9.01. The lowest BCUT2D eigenvalue weighted by Crippen LogP contribution is -2.63. The van der Waals surface area contributed by atoms with Crippen LogP contribution in [-0.4, -0.2) is 46.7 Å². The predicted molar refractivity (Wildman–Crippen MR) is 94.6 cm³/mol. The van der Waals surface area contributed by atoms with Crippen molar-refractivity contribution in [1.82, 2.24) is 9.88 Å². The third-order valence-electron chi connectivity index (χ3n) is 6.49. The Morgan fingerprint density at radius 2 is 1.96 bits per heavy atom. The van der Waals surface area contributed by atoms with E-state index < -0.39 is 17.4 Å². The van der Waals surface area contributed by atoms with E-state index in [1.165, 1.54) is 0 Å². The van der Waals surface area contributed by atoms with Gasteiger partial charge in [0.25, 0.3) is 0 Å². The molecule has 1 aromatic carbocycles. The smallest absolute Gasteiger partial charge is 0.170 e. The molecule has 5 heteroatoms. The topological polar surface area (TPSA) is 70.5 Å². The molecule has 5 atom stereocenters. The van der Waals surface area contributed by atoms with Crippen molar-refractivity contribution in [3.8, 4) is 0 Å². The number of ketones is 2. The summed E-state index contributed by atoms with van der Waals surface area (Å²) in [5, 5.41) is 11.9. The van der Waals surface area contributed by atoms with Crippen LogP contribution in [0.3, 0.4) is 0 Å². The molecule has 5 nitrogen and oxygen atoms in total. The molecule has 0 unspecified atom stereocenters. The second-order valence-corrected chi connectivity index (χ2v) is 7.81. The van der Waals surface area contributed by atoms with Crippen molar-refractivity contribution in [3.63, 3.8) is 0 Å². The fraction of sp³-hybridized carbons (Fsp3) is 0.381. The average molecular weight is 348 g/mol. The number of likely N-dealkylation sites (tertiary alicyclic amines) is 1. The van der Waals surface area contributed by atoms with E-state index in [-0.39, 0.29) is 23.4 Å². The van der Waals surface area contributed by atoms with Crippen molar-refractivity contribution in [3.05, 3.63) is 65.5 Å². The summed E-state index contributed by atoms with van der Waals surface area (Å²) in [6.07, 6.45) is 3.41. The molecule has 3 aliphatic rings. The number of hydrogen-bond donors (Lipinski definition) is 1. The summed E-state index contributed by atoms with van der Waals surface area (Å²) in [5.74, 6) is -1.85. The third kappa shape index (κ3) is 1.85. The second kappa shape index (κ2) is 5.32. The van der Waals surface area contributed by atoms with Crippen LogP contribution < -0.4 is 0 Å². The van der Waals surface area contributed by atoms with E-state index in [9.17, 15) is 14.7 Å². The van der Waals surface area contributed by atoms with Gasteiger partial charge in [-0.15, -0.1) is 0 Å². The lowest BCUT2D eigenvalue weighted by molar-refractivity contribution is -0.164. The molecule has 1 aliphatic heterocycles. The van der Waals surface area contributed by atoms with Gasteiger partial charge < -0.3 is 10.0 Å². The van der Waals surface area contributed by atoms with Gasteiger partial charge in [-0.25, -0.2) is 0 Å². The highest BCUT2D eigenvalue weighted by atomic mass is 16.3. The fourth-order valence-electron chi connectivity index (χ4n) is 5.46. The Bertz CT molecular complexity index is 912. The zero-order valence-corrected chi connectivity index (χ0v) is 14.5. The molecule has 2 aromatic rings. The van der Waals surface area contributed by atoms with Crippen LogP contribution in [0.15, 0.2) is 48.8 Å². The molecule has 2 bridgehead atoms. The van der Waals surface area contributed by atoms with Crippen LogP contribution in [0.4, 0.5) is 0 Å². The van der Waals surface area contributed by atoms with E-state index in [0.29, 0.717) is 24.2 Å². The highest BCUT2D eigenvalue weighted by molar-refractivity contribution is 6.07. The summed E-state index contributed by atoms with van der Waals surface area (Å²) in [6.45, 7) is 1.08. The van der Waals surface area contributed by atoms with Crippen molar-refractivity contribution in [1.29, 1.82) is 0 Å². The van der Waals surface area contributed by atoms with E-state index in [0.717, 1.165) is 5.56 Å². The molecule has 5 rings (SSSR count). The first-order valence-electron chi connectivity index (χ1n) is 9.01. The minimum absolute atomic E-state index is 0.0518. The average Bonchev–Trinajstić information content (AvgIpc) is 2.88. The van der Waals surface area contributed by atoms with Gasteiger partial charge in [-0.2, -0.15) is 0 Å². The maximum absolute atomic E-state index is 13.3. The summed E-state index contributed by atoms with van der Waals surface area (Å²) < 4.78 is 0. The first kappa shape index (κ1) is 15.9. The predicted octanol–water partition coefficient (Wildman–Crippen LogP) is 1.63. The molecule has 2 fully saturated rings. The molecule has 0 amide bonds. The Balaban J connectivity index is 1.78. The zero-order valence-electron chi connectivity index (χ0n) is 14.5. The summed E-state index contributed by atoms with van der Waals surface area (Å²) in [4.78, 5) is 32.9. The van der Waals surface area contributed by atoms with Crippen LogP contribution in [0.5, 0.6) is 0 Å². The number of hydrogen-bond acceptors (Lipinski definition) is 5. The quantitative estimate of drug-likeness (QED) is 0.848. The largest absolute Gasteiger partial charge is 0.384 e. The van der Waals surface area contributed by atoms with Gasteiger partial charge in [0.15, 0.2) is 5.78 Å². The maximum atomic E-state index is 13.3. The van der Waals surface area contributed by atoms with Gasteiger partial charge in [0.1, 0.15) is 11.4 Å². The van der Waals surface area contributed by atoms with E-state index in [2.05, 4.69) is 9.88 Å². The molecule has 0 spiro atoms. The van der Waals surface area contributed by atoms with Gasteiger partial charge in [-0.1, -0.05) is 30.3 Å². The van der Waals surface area contributed by atoms with E-state index in [1.54, 1.807) is 24.5 Å². The normalized spacial score (nSPS) is 35.9. The van der Waals surface area contributed by atoms with Crippen LogP contribution >= 0.6 is 0 Å².